The van der Waals surface area contributed by atoms with Crippen molar-refractivity contribution >= 4 is 5.78 Å². The van der Waals surface area contributed by atoms with Gasteiger partial charge in [0, 0.05) is 31.3 Å². The van der Waals surface area contributed by atoms with Crippen LogP contribution in [0.5, 0.6) is 0 Å². The molecule has 0 spiro atoms. The Balaban J connectivity index is 2.50. The summed E-state index contributed by atoms with van der Waals surface area (Å²) in [6.45, 7) is 6.79. The van der Waals surface area contributed by atoms with Gasteiger partial charge in [0.25, 0.3) is 0 Å². The molecule has 0 aliphatic heterocycles. The zero-order valence-electron chi connectivity index (χ0n) is 9.16. The number of ketones is 1. The lowest BCUT2D eigenvalue weighted by Gasteiger charge is -2.09. The van der Waals surface area contributed by atoms with Gasteiger partial charge in [0.05, 0.1) is 0 Å². The number of hydrogen-bond acceptors (Lipinski definition) is 2. The Bertz CT molecular complexity index is 302. The van der Waals surface area contributed by atoms with Crippen molar-refractivity contribution in [3.8, 4) is 0 Å². The molecule has 0 amide bonds. The molecular weight excluding hydrogens is 176 g/mol. The molecule has 0 unspecified atom stereocenters. The van der Waals surface area contributed by atoms with Gasteiger partial charge in [-0.3, -0.25) is 0 Å². The molecule has 1 aromatic rings. The normalized spacial score (nSPS) is 10.9. The first-order chi connectivity index (χ1) is 6.61. The molecule has 0 aliphatic carbocycles. The summed E-state index contributed by atoms with van der Waals surface area (Å²) in [6, 6.07) is 0. The van der Waals surface area contributed by atoms with Crippen molar-refractivity contribution < 1.29 is 4.79 Å². The third kappa shape index (κ3) is 2.98. The standard InChI is InChI=1S/C11H18N2O/c1-9(2)11-12-6-8-13(11)7-4-5-10(3)14/h6,8-9H,4-5,7H2,1-3H3. The lowest BCUT2D eigenvalue weighted by atomic mass is 10.2. The van der Waals surface area contributed by atoms with E-state index in [1.165, 1.54) is 0 Å². The van der Waals surface area contributed by atoms with Gasteiger partial charge in [-0.25, -0.2) is 4.98 Å². The van der Waals surface area contributed by atoms with Gasteiger partial charge < -0.3 is 9.36 Å². The number of nitrogens with zero attached hydrogens (tertiary/aromatic N) is 2. The third-order valence-corrected chi connectivity index (χ3v) is 2.19. The number of Topliss-reactive ketones (excluding diaryl/α,β-unsaturated/α-hetero) is 1. The Morgan fingerprint density at radius 1 is 1.57 bits per heavy atom. The van der Waals surface area contributed by atoms with Crippen molar-refractivity contribution in [2.45, 2.75) is 46.1 Å². The molecule has 0 radical (unpaired) electrons. The molecule has 3 heteroatoms. The summed E-state index contributed by atoms with van der Waals surface area (Å²) in [4.78, 5) is 15.1. The van der Waals surface area contributed by atoms with Crippen molar-refractivity contribution in [2.75, 3.05) is 0 Å². The van der Waals surface area contributed by atoms with Gasteiger partial charge in [-0.2, -0.15) is 0 Å². The molecule has 0 atom stereocenters. The maximum Gasteiger partial charge on any atom is 0.129 e. The highest BCUT2D eigenvalue weighted by molar-refractivity contribution is 5.75. The number of aryl methyl sites for hydroxylation is 1. The fourth-order valence-electron chi connectivity index (χ4n) is 1.51. The SMILES string of the molecule is CC(=O)CCCn1ccnc1C(C)C. The van der Waals surface area contributed by atoms with E-state index < -0.39 is 0 Å². The fourth-order valence-corrected chi connectivity index (χ4v) is 1.51. The summed E-state index contributed by atoms with van der Waals surface area (Å²) in [7, 11) is 0. The van der Waals surface area contributed by atoms with Crippen LogP contribution in [0.25, 0.3) is 0 Å². The van der Waals surface area contributed by atoms with Crippen LogP contribution in [0.4, 0.5) is 0 Å². The van der Waals surface area contributed by atoms with Gasteiger partial charge in [-0.1, -0.05) is 13.8 Å². The molecule has 0 aromatic carbocycles. The number of hydrogen-bond donors (Lipinski definition) is 0. The highest BCUT2D eigenvalue weighted by Gasteiger charge is 2.06. The number of carbonyl (C=O) groups is 1. The molecule has 14 heavy (non-hydrogen) atoms. The first-order valence-electron chi connectivity index (χ1n) is 5.11. The predicted octanol–water partition coefficient (Wildman–Crippen LogP) is 2.38. The fraction of sp³-hybridized carbons (Fsp3) is 0.636. The Kier molecular flexibility index (Phi) is 3.86. The van der Waals surface area contributed by atoms with Gasteiger partial charge in [-0.15, -0.1) is 0 Å². The molecule has 1 rings (SSSR count). The van der Waals surface area contributed by atoms with Crippen LogP contribution in [-0.4, -0.2) is 15.3 Å². The first-order valence-corrected chi connectivity index (χ1v) is 5.11. The molecule has 78 valence electrons. The summed E-state index contributed by atoms with van der Waals surface area (Å²) in [5, 5.41) is 0. The molecule has 3 nitrogen and oxygen atoms in total. The summed E-state index contributed by atoms with van der Waals surface area (Å²) < 4.78 is 2.13. The van der Waals surface area contributed by atoms with Crippen LogP contribution in [0.15, 0.2) is 12.4 Å². The van der Waals surface area contributed by atoms with Crippen LogP contribution >= 0.6 is 0 Å². The topological polar surface area (TPSA) is 34.9 Å². The molecule has 0 saturated heterocycles. The van der Waals surface area contributed by atoms with Gasteiger partial charge in [0.1, 0.15) is 11.6 Å². The van der Waals surface area contributed by atoms with E-state index in [1.807, 2.05) is 12.4 Å². The van der Waals surface area contributed by atoms with Crippen LogP contribution in [0, 0.1) is 0 Å². The summed E-state index contributed by atoms with van der Waals surface area (Å²) in [5.74, 6) is 1.81. The maximum atomic E-state index is 10.8. The molecule has 0 fully saturated rings. The quantitative estimate of drug-likeness (QED) is 0.721. The Labute approximate surface area is 85.2 Å². The van der Waals surface area contributed by atoms with E-state index in [1.54, 1.807) is 6.92 Å². The lowest BCUT2D eigenvalue weighted by Crippen LogP contribution is -2.05. The smallest absolute Gasteiger partial charge is 0.129 e. The van der Waals surface area contributed by atoms with Gasteiger partial charge in [0.2, 0.25) is 0 Å². The molecule has 1 heterocycles. The van der Waals surface area contributed by atoms with Crippen molar-refractivity contribution in [2.24, 2.45) is 0 Å². The van der Waals surface area contributed by atoms with Crippen molar-refractivity contribution in [3.63, 3.8) is 0 Å². The first kappa shape index (κ1) is 11.0. The Morgan fingerprint density at radius 3 is 2.86 bits per heavy atom. The molecule has 0 saturated carbocycles. The van der Waals surface area contributed by atoms with E-state index in [2.05, 4.69) is 23.4 Å². The average Bonchev–Trinajstić information content (AvgIpc) is 2.51. The minimum absolute atomic E-state index is 0.260. The molecule has 0 bridgehead atoms. The second kappa shape index (κ2) is 4.94. The predicted molar refractivity (Wildman–Crippen MR) is 56.2 cm³/mol. The van der Waals surface area contributed by atoms with E-state index >= 15 is 0 Å². The van der Waals surface area contributed by atoms with E-state index in [4.69, 9.17) is 0 Å². The van der Waals surface area contributed by atoms with Crippen LogP contribution in [-0.2, 0) is 11.3 Å². The molecule has 0 aliphatic rings. The largest absolute Gasteiger partial charge is 0.335 e. The molecular formula is C11H18N2O. The highest BCUT2D eigenvalue weighted by Crippen LogP contribution is 2.12. The Hall–Kier alpha value is -1.12. The second-order valence-corrected chi connectivity index (χ2v) is 3.94. The number of rotatable bonds is 5. The molecule has 0 N–H and O–H groups in total. The van der Waals surface area contributed by atoms with E-state index in [-0.39, 0.29) is 5.78 Å². The number of carbonyl (C=O) groups excluding carboxylic acids is 1. The maximum absolute atomic E-state index is 10.8. The second-order valence-electron chi connectivity index (χ2n) is 3.94. The minimum atomic E-state index is 0.260. The highest BCUT2D eigenvalue weighted by atomic mass is 16.1. The molecule has 1 aromatic heterocycles. The van der Waals surface area contributed by atoms with Crippen LogP contribution in [0.1, 0.15) is 45.4 Å². The summed E-state index contributed by atoms with van der Waals surface area (Å²) in [6.07, 6.45) is 5.37. The van der Waals surface area contributed by atoms with Crippen LogP contribution in [0.2, 0.25) is 0 Å². The van der Waals surface area contributed by atoms with Crippen molar-refractivity contribution in [1.29, 1.82) is 0 Å². The van der Waals surface area contributed by atoms with Crippen LogP contribution in [0.3, 0.4) is 0 Å². The summed E-state index contributed by atoms with van der Waals surface area (Å²) in [5.41, 5.74) is 0. The lowest BCUT2D eigenvalue weighted by molar-refractivity contribution is -0.117. The summed E-state index contributed by atoms with van der Waals surface area (Å²) >= 11 is 0. The van der Waals surface area contributed by atoms with E-state index in [0.717, 1.165) is 18.8 Å². The van der Waals surface area contributed by atoms with Crippen molar-refractivity contribution in [3.05, 3.63) is 18.2 Å². The van der Waals surface area contributed by atoms with E-state index in [0.29, 0.717) is 12.3 Å². The zero-order chi connectivity index (χ0) is 10.6. The minimum Gasteiger partial charge on any atom is -0.335 e. The Morgan fingerprint density at radius 2 is 2.29 bits per heavy atom. The third-order valence-electron chi connectivity index (χ3n) is 2.19. The van der Waals surface area contributed by atoms with Gasteiger partial charge in [-0.05, 0) is 13.3 Å². The average molecular weight is 194 g/mol. The van der Waals surface area contributed by atoms with Crippen LogP contribution < -0.4 is 0 Å². The van der Waals surface area contributed by atoms with Gasteiger partial charge in [0.15, 0.2) is 0 Å². The zero-order valence-corrected chi connectivity index (χ0v) is 9.16. The van der Waals surface area contributed by atoms with E-state index in [9.17, 15) is 4.79 Å². The van der Waals surface area contributed by atoms with Gasteiger partial charge >= 0.3 is 0 Å². The number of aromatic nitrogens is 2. The monoisotopic (exact) mass is 194 g/mol. The van der Waals surface area contributed by atoms with Crippen molar-refractivity contribution in [1.82, 2.24) is 9.55 Å². The number of imidazole rings is 1.